The van der Waals surface area contributed by atoms with Crippen LogP contribution in [0.3, 0.4) is 0 Å². The van der Waals surface area contributed by atoms with Gasteiger partial charge < -0.3 is 10.1 Å². The van der Waals surface area contributed by atoms with Crippen LogP contribution in [0.15, 0.2) is 53.4 Å². The zero-order valence-corrected chi connectivity index (χ0v) is 15.6. The van der Waals surface area contributed by atoms with Gasteiger partial charge >= 0.3 is 5.97 Å². The number of hydrogen-bond acceptors (Lipinski definition) is 5. The van der Waals surface area contributed by atoms with Gasteiger partial charge in [-0.2, -0.15) is 0 Å². The summed E-state index contributed by atoms with van der Waals surface area (Å²) in [5.41, 5.74) is 0.807. The summed E-state index contributed by atoms with van der Waals surface area (Å²) in [5.74, 6) is -1.16. The molecule has 2 aromatic carbocycles. The second kappa shape index (κ2) is 7.75. The van der Waals surface area contributed by atoms with Crippen molar-refractivity contribution < 1.29 is 22.7 Å². The van der Waals surface area contributed by atoms with Crippen LogP contribution >= 0.6 is 22.6 Å². The molecular weight excluding hydrogens is 445 g/mol. The van der Waals surface area contributed by atoms with Crippen molar-refractivity contribution >= 4 is 50.0 Å². The third-order valence-electron chi connectivity index (χ3n) is 3.00. The molecule has 0 heterocycles. The molecule has 24 heavy (non-hydrogen) atoms. The maximum Gasteiger partial charge on any atom is 0.338 e. The van der Waals surface area contributed by atoms with E-state index in [1.165, 1.54) is 24.3 Å². The zero-order valence-electron chi connectivity index (χ0n) is 12.7. The van der Waals surface area contributed by atoms with Gasteiger partial charge in [0.05, 0.1) is 16.1 Å². The van der Waals surface area contributed by atoms with Gasteiger partial charge in [-0.25, -0.2) is 13.2 Å². The number of hydrogen-bond donors (Lipinski definition) is 1. The molecule has 0 aliphatic carbocycles. The molecule has 0 spiro atoms. The molecule has 0 saturated carbocycles. The topological polar surface area (TPSA) is 89.5 Å². The minimum atomic E-state index is -3.33. The maximum absolute atomic E-state index is 11.9. The first-order chi connectivity index (χ1) is 11.3. The van der Waals surface area contributed by atoms with Gasteiger partial charge in [-0.3, -0.25) is 4.79 Å². The van der Waals surface area contributed by atoms with Crippen molar-refractivity contribution in [2.24, 2.45) is 0 Å². The summed E-state index contributed by atoms with van der Waals surface area (Å²) in [4.78, 5) is 23.8. The highest BCUT2D eigenvalue weighted by atomic mass is 127. The Hall–Kier alpha value is -1.94. The van der Waals surface area contributed by atoms with E-state index in [-0.39, 0.29) is 10.5 Å². The van der Waals surface area contributed by atoms with E-state index in [1.54, 1.807) is 12.1 Å². The number of sulfone groups is 1. The first-order valence-corrected chi connectivity index (χ1v) is 9.76. The van der Waals surface area contributed by atoms with Gasteiger partial charge in [0.25, 0.3) is 5.91 Å². The Morgan fingerprint density at radius 2 is 1.71 bits per heavy atom. The molecule has 1 amide bonds. The Balaban J connectivity index is 1.93. The molecule has 6 nitrogen and oxygen atoms in total. The maximum atomic E-state index is 11.9. The number of anilines is 1. The third kappa shape index (κ3) is 5.03. The zero-order chi connectivity index (χ0) is 17.7. The SMILES string of the molecule is CS(=O)(=O)c1ccc(C(=O)OCC(=O)Nc2ccccc2I)cc1. The van der Waals surface area contributed by atoms with Crippen molar-refractivity contribution in [2.75, 3.05) is 18.2 Å². The molecule has 0 aliphatic heterocycles. The lowest BCUT2D eigenvalue weighted by Crippen LogP contribution is -2.21. The van der Waals surface area contributed by atoms with Crippen molar-refractivity contribution in [1.82, 2.24) is 0 Å². The average molecular weight is 459 g/mol. The predicted octanol–water partition coefficient (Wildman–Crippen LogP) is 2.49. The number of carbonyl (C=O) groups is 2. The van der Waals surface area contributed by atoms with Crippen LogP contribution in [0.1, 0.15) is 10.4 Å². The molecule has 2 rings (SSSR count). The summed E-state index contributed by atoms with van der Waals surface area (Å²) in [6.45, 7) is -0.433. The Bertz CT molecular complexity index is 862. The fourth-order valence-corrected chi connectivity index (χ4v) is 2.95. The normalized spacial score (nSPS) is 10.9. The lowest BCUT2D eigenvalue weighted by Gasteiger charge is -2.08. The summed E-state index contributed by atoms with van der Waals surface area (Å²) < 4.78 is 28.5. The lowest BCUT2D eigenvalue weighted by molar-refractivity contribution is -0.119. The first kappa shape index (κ1) is 18.4. The smallest absolute Gasteiger partial charge is 0.338 e. The number of halogens is 1. The van der Waals surface area contributed by atoms with Gasteiger partial charge in [0.2, 0.25) is 0 Å². The number of nitrogens with one attached hydrogen (secondary N) is 1. The van der Waals surface area contributed by atoms with E-state index in [1.807, 2.05) is 12.1 Å². The van der Waals surface area contributed by atoms with Crippen LogP contribution in [-0.4, -0.2) is 33.2 Å². The molecule has 2 aromatic rings. The fraction of sp³-hybridized carbons (Fsp3) is 0.125. The van der Waals surface area contributed by atoms with Gasteiger partial charge in [0.1, 0.15) is 0 Å². The number of ether oxygens (including phenoxy) is 1. The van der Waals surface area contributed by atoms with Crippen LogP contribution in [0.4, 0.5) is 5.69 Å². The van der Waals surface area contributed by atoms with Crippen molar-refractivity contribution in [3.05, 3.63) is 57.7 Å². The van der Waals surface area contributed by atoms with Gasteiger partial charge in [-0.1, -0.05) is 12.1 Å². The third-order valence-corrected chi connectivity index (χ3v) is 5.07. The molecular formula is C16H14INO5S. The molecule has 1 N–H and O–H groups in total. The van der Waals surface area contributed by atoms with Crippen molar-refractivity contribution in [3.8, 4) is 0 Å². The second-order valence-corrected chi connectivity index (χ2v) is 8.08. The quantitative estimate of drug-likeness (QED) is 0.549. The van der Waals surface area contributed by atoms with Gasteiger partial charge in [-0.05, 0) is 59.0 Å². The van der Waals surface area contributed by atoms with E-state index < -0.39 is 28.3 Å². The summed E-state index contributed by atoms with van der Waals surface area (Å²) >= 11 is 2.08. The van der Waals surface area contributed by atoms with Crippen molar-refractivity contribution in [2.45, 2.75) is 4.90 Å². The number of amides is 1. The van der Waals surface area contributed by atoms with Gasteiger partial charge in [0, 0.05) is 9.83 Å². The molecule has 0 bridgehead atoms. The standard InChI is InChI=1S/C16H14INO5S/c1-24(21,22)12-8-6-11(7-9-12)16(20)23-10-15(19)18-14-5-3-2-4-13(14)17/h2-9H,10H2,1H3,(H,18,19). The van der Waals surface area contributed by atoms with E-state index in [2.05, 4.69) is 27.9 Å². The number of benzene rings is 2. The van der Waals surface area contributed by atoms with Crippen LogP contribution in [-0.2, 0) is 19.4 Å². The average Bonchev–Trinajstić information content (AvgIpc) is 2.54. The fourth-order valence-electron chi connectivity index (χ4n) is 1.80. The molecule has 0 atom stereocenters. The molecule has 0 fully saturated rings. The van der Waals surface area contributed by atoms with Crippen LogP contribution < -0.4 is 5.32 Å². The van der Waals surface area contributed by atoms with E-state index in [0.717, 1.165) is 9.83 Å². The van der Waals surface area contributed by atoms with Crippen LogP contribution in [0.2, 0.25) is 0 Å². The number of para-hydroxylation sites is 1. The molecule has 8 heteroatoms. The Kier molecular flexibility index (Phi) is 5.94. The Morgan fingerprint density at radius 1 is 1.08 bits per heavy atom. The van der Waals surface area contributed by atoms with Crippen LogP contribution in [0.25, 0.3) is 0 Å². The van der Waals surface area contributed by atoms with E-state index in [0.29, 0.717) is 5.69 Å². The minimum Gasteiger partial charge on any atom is -0.452 e. The Labute approximate surface area is 153 Å². The summed E-state index contributed by atoms with van der Waals surface area (Å²) in [6.07, 6.45) is 1.08. The van der Waals surface area contributed by atoms with Crippen molar-refractivity contribution in [3.63, 3.8) is 0 Å². The van der Waals surface area contributed by atoms with Crippen LogP contribution in [0.5, 0.6) is 0 Å². The van der Waals surface area contributed by atoms with E-state index >= 15 is 0 Å². The first-order valence-electron chi connectivity index (χ1n) is 6.79. The van der Waals surface area contributed by atoms with Gasteiger partial charge in [-0.15, -0.1) is 0 Å². The molecule has 0 aromatic heterocycles. The monoisotopic (exact) mass is 459 g/mol. The van der Waals surface area contributed by atoms with E-state index in [9.17, 15) is 18.0 Å². The molecule has 0 radical (unpaired) electrons. The Morgan fingerprint density at radius 3 is 2.29 bits per heavy atom. The highest BCUT2D eigenvalue weighted by Crippen LogP contribution is 2.16. The van der Waals surface area contributed by atoms with Crippen LogP contribution in [0, 0.1) is 3.57 Å². The second-order valence-electron chi connectivity index (χ2n) is 4.90. The number of esters is 1. The largest absolute Gasteiger partial charge is 0.452 e. The highest BCUT2D eigenvalue weighted by Gasteiger charge is 2.13. The van der Waals surface area contributed by atoms with Crippen molar-refractivity contribution in [1.29, 1.82) is 0 Å². The number of rotatable bonds is 5. The van der Waals surface area contributed by atoms with E-state index in [4.69, 9.17) is 4.74 Å². The molecule has 0 unspecified atom stereocenters. The summed E-state index contributed by atoms with van der Waals surface area (Å²) in [6, 6.07) is 12.5. The molecule has 0 aliphatic rings. The van der Waals surface area contributed by atoms with Gasteiger partial charge in [0.15, 0.2) is 16.4 Å². The predicted molar refractivity (Wildman–Crippen MR) is 97.6 cm³/mol. The summed E-state index contributed by atoms with van der Waals surface area (Å²) in [7, 11) is -3.33. The lowest BCUT2D eigenvalue weighted by atomic mass is 10.2. The highest BCUT2D eigenvalue weighted by molar-refractivity contribution is 14.1. The molecule has 0 saturated heterocycles. The molecule has 126 valence electrons. The number of carbonyl (C=O) groups excluding carboxylic acids is 2. The minimum absolute atomic E-state index is 0.107. The summed E-state index contributed by atoms with van der Waals surface area (Å²) in [5, 5.41) is 2.64.